The molecule has 0 saturated heterocycles. The highest BCUT2D eigenvalue weighted by Gasteiger charge is 2.16. The van der Waals surface area contributed by atoms with Gasteiger partial charge in [-0.05, 0) is 13.8 Å². The molecule has 0 aliphatic carbocycles. The Morgan fingerprint density at radius 1 is 1.06 bits per heavy atom. The van der Waals surface area contributed by atoms with Gasteiger partial charge >= 0.3 is 0 Å². The van der Waals surface area contributed by atoms with Gasteiger partial charge in [-0.2, -0.15) is 0 Å². The fourth-order valence-electron chi connectivity index (χ4n) is 1.38. The molecule has 0 fully saturated rings. The maximum absolute atomic E-state index is 11.8. The van der Waals surface area contributed by atoms with E-state index in [2.05, 4.69) is 0 Å². The Kier molecular flexibility index (Phi) is 9.22. The predicted octanol–water partition coefficient (Wildman–Crippen LogP) is -0.0238. The van der Waals surface area contributed by atoms with E-state index in [4.69, 9.17) is 9.47 Å². The van der Waals surface area contributed by atoms with Crippen LogP contribution in [-0.2, 0) is 19.1 Å². The van der Waals surface area contributed by atoms with E-state index in [1.165, 1.54) is 4.90 Å². The minimum atomic E-state index is -0.202. The molecular weight excluding hydrogens is 236 g/mol. The predicted molar refractivity (Wildman–Crippen MR) is 68.3 cm³/mol. The molecule has 6 heteroatoms. The lowest BCUT2D eigenvalue weighted by Crippen LogP contribution is -2.42. The zero-order valence-corrected chi connectivity index (χ0v) is 11.8. The summed E-state index contributed by atoms with van der Waals surface area (Å²) in [6.45, 7) is 6.03. The molecule has 0 aliphatic heterocycles. The third-order valence-electron chi connectivity index (χ3n) is 2.57. The van der Waals surface area contributed by atoms with Gasteiger partial charge in [0.1, 0.15) is 6.61 Å². The number of carbonyl (C=O) groups excluding carboxylic acids is 2. The summed E-state index contributed by atoms with van der Waals surface area (Å²) >= 11 is 0. The number of hydrogen-bond donors (Lipinski definition) is 0. The molecule has 0 aromatic carbocycles. The maximum Gasteiger partial charge on any atom is 0.248 e. The van der Waals surface area contributed by atoms with Crippen LogP contribution in [0, 0.1) is 0 Å². The topological polar surface area (TPSA) is 59.1 Å². The summed E-state index contributed by atoms with van der Waals surface area (Å²) in [7, 11) is 3.17. The average molecular weight is 260 g/mol. The summed E-state index contributed by atoms with van der Waals surface area (Å²) in [6.07, 6.45) is 0. The van der Waals surface area contributed by atoms with Gasteiger partial charge in [0.15, 0.2) is 0 Å². The second kappa shape index (κ2) is 9.85. The van der Waals surface area contributed by atoms with Crippen LogP contribution in [-0.4, -0.2) is 75.2 Å². The van der Waals surface area contributed by atoms with Crippen molar-refractivity contribution in [1.29, 1.82) is 0 Å². The minimum Gasteiger partial charge on any atom is -0.382 e. The van der Waals surface area contributed by atoms with Gasteiger partial charge in [-0.3, -0.25) is 9.59 Å². The second-order valence-corrected chi connectivity index (χ2v) is 3.86. The summed E-state index contributed by atoms with van der Waals surface area (Å²) in [6, 6.07) is 0. The van der Waals surface area contributed by atoms with Crippen LogP contribution in [0.15, 0.2) is 0 Å². The van der Waals surface area contributed by atoms with Crippen LogP contribution >= 0.6 is 0 Å². The van der Waals surface area contributed by atoms with Gasteiger partial charge in [0.25, 0.3) is 0 Å². The van der Waals surface area contributed by atoms with Gasteiger partial charge in [0.05, 0.1) is 19.8 Å². The molecule has 0 unspecified atom stereocenters. The standard InChI is InChI=1S/C12H24N2O4/c1-5-14(6-2)11(15)9-13(3)12(16)10-18-8-7-17-4/h5-10H2,1-4H3. The van der Waals surface area contributed by atoms with Gasteiger partial charge < -0.3 is 19.3 Å². The van der Waals surface area contributed by atoms with Crippen LogP contribution in [0.5, 0.6) is 0 Å². The molecule has 0 aromatic heterocycles. The van der Waals surface area contributed by atoms with Gasteiger partial charge in [0.2, 0.25) is 11.8 Å². The Morgan fingerprint density at radius 2 is 1.67 bits per heavy atom. The largest absolute Gasteiger partial charge is 0.382 e. The third-order valence-corrected chi connectivity index (χ3v) is 2.57. The lowest BCUT2D eigenvalue weighted by atomic mass is 10.4. The van der Waals surface area contributed by atoms with E-state index in [0.717, 1.165) is 0 Å². The number of rotatable bonds is 9. The molecule has 2 amide bonds. The zero-order valence-electron chi connectivity index (χ0n) is 11.8. The number of methoxy groups -OCH3 is 1. The molecule has 0 saturated carbocycles. The molecule has 6 nitrogen and oxygen atoms in total. The Bertz CT molecular complexity index is 254. The highest BCUT2D eigenvalue weighted by atomic mass is 16.5. The monoisotopic (exact) mass is 260 g/mol. The van der Waals surface area contributed by atoms with E-state index in [1.807, 2.05) is 13.8 Å². The molecule has 0 aliphatic rings. The minimum absolute atomic E-state index is 0.0224. The van der Waals surface area contributed by atoms with E-state index >= 15 is 0 Å². The van der Waals surface area contributed by atoms with Gasteiger partial charge in [-0.15, -0.1) is 0 Å². The van der Waals surface area contributed by atoms with Crippen molar-refractivity contribution in [2.75, 3.05) is 53.6 Å². The molecule has 0 N–H and O–H groups in total. The fraction of sp³-hybridized carbons (Fsp3) is 0.833. The fourth-order valence-corrected chi connectivity index (χ4v) is 1.38. The smallest absolute Gasteiger partial charge is 0.248 e. The lowest BCUT2D eigenvalue weighted by molar-refractivity contribution is -0.142. The normalized spacial score (nSPS) is 10.2. The summed E-state index contributed by atoms with van der Waals surface area (Å²) in [5.74, 6) is -0.251. The molecule has 0 bridgehead atoms. The highest BCUT2D eigenvalue weighted by Crippen LogP contribution is 1.93. The van der Waals surface area contributed by atoms with Crippen molar-refractivity contribution in [1.82, 2.24) is 9.80 Å². The Hall–Kier alpha value is -1.14. The van der Waals surface area contributed by atoms with Crippen LogP contribution < -0.4 is 0 Å². The number of carbonyl (C=O) groups is 2. The second-order valence-electron chi connectivity index (χ2n) is 3.86. The van der Waals surface area contributed by atoms with Gasteiger partial charge in [-0.1, -0.05) is 0 Å². The first kappa shape index (κ1) is 16.9. The van der Waals surface area contributed by atoms with Crippen molar-refractivity contribution in [3.63, 3.8) is 0 Å². The van der Waals surface area contributed by atoms with E-state index < -0.39 is 0 Å². The van der Waals surface area contributed by atoms with E-state index in [0.29, 0.717) is 26.3 Å². The number of hydrogen-bond acceptors (Lipinski definition) is 4. The van der Waals surface area contributed by atoms with Crippen molar-refractivity contribution in [3.8, 4) is 0 Å². The van der Waals surface area contributed by atoms with Crippen LogP contribution in [0.25, 0.3) is 0 Å². The average Bonchev–Trinajstić information content (AvgIpc) is 2.35. The van der Waals surface area contributed by atoms with Crippen molar-refractivity contribution >= 4 is 11.8 Å². The molecule has 0 aromatic rings. The molecule has 0 spiro atoms. The van der Waals surface area contributed by atoms with Gasteiger partial charge in [-0.25, -0.2) is 0 Å². The maximum atomic E-state index is 11.8. The van der Waals surface area contributed by atoms with Crippen molar-refractivity contribution in [2.24, 2.45) is 0 Å². The molecule has 106 valence electrons. The third kappa shape index (κ3) is 6.56. The van der Waals surface area contributed by atoms with Crippen LogP contribution in [0.1, 0.15) is 13.8 Å². The van der Waals surface area contributed by atoms with Crippen LogP contribution in [0.3, 0.4) is 0 Å². The first-order valence-corrected chi connectivity index (χ1v) is 6.15. The van der Waals surface area contributed by atoms with E-state index in [9.17, 15) is 9.59 Å². The summed E-state index contributed by atoms with van der Waals surface area (Å²) in [4.78, 5) is 26.5. The van der Waals surface area contributed by atoms with Crippen LogP contribution in [0.4, 0.5) is 0 Å². The Balaban J connectivity index is 3.96. The number of ether oxygens (including phenoxy) is 2. The van der Waals surface area contributed by atoms with Crippen molar-refractivity contribution < 1.29 is 19.1 Å². The molecule has 0 heterocycles. The first-order chi connectivity index (χ1) is 8.56. The summed E-state index contributed by atoms with van der Waals surface area (Å²) < 4.78 is 9.91. The quantitative estimate of drug-likeness (QED) is 0.547. The molecular formula is C12H24N2O4. The number of nitrogens with zero attached hydrogens (tertiary/aromatic N) is 2. The summed E-state index contributed by atoms with van der Waals surface area (Å²) in [5.41, 5.74) is 0. The van der Waals surface area contributed by atoms with Crippen molar-refractivity contribution in [2.45, 2.75) is 13.8 Å². The SMILES string of the molecule is CCN(CC)C(=O)CN(C)C(=O)COCCOC. The first-order valence-electron chi connectivity index (χ1n) is 6.15. The molecule has 0 rings (SSSR count). The van der Waals surface area contributed by atoms with E-state index in [1.54, 1.807) is 19.1 Å². The molecule has 0 radical (unpaired) electrons. The van der Waals surface area contributed by atoms with Crippen molar-refractivity contribution in [3.05, 3.63) is 0 Å². The van der Waals surface area contributed by atoms with E-state index in [-0.39, 0.29) is 25.0 Å². The summed E-state index contributed by atoms with van der Waals surface area (Å²) in [5, 5.41) is 0. The Labute approximate surface area is 109 Å². The number of likely N-dealkylation sites (N-methyl/N-ethyl adjacent to an activating group) is 2. The molecule has 18 heavy (non-hydrogen) atoms. The number of amides is 2. The molecule has 0 atom stereocenters. The van der Waals surface area contributed by atoms with Gasteiger partial charge in [0, 0.05) is 27.2 Å². The zero-order chi connectivity index (χ0) is 14.0. The highest BCUT2D eigenvalue weighted by molar-refractivity contribution is 5.85. The lowest BCUT2D eigenvalue weighted by Gasteiger charge is -2.23. The Morgan fingerprint density at radius 3 is 2.17 bits per heavy atom. The van der Waals surface area contributed by atoms with Crippen LogP contribution in [0.2, 0.25) is 0 Å².